The van der Waals surface area contributed by atoms with Gasteiger partial charge in [-0.25, -0.2) is 0 Å². The maximum Gasteiger partial charge on any atom is 0.150 e. The molecule has 2 rings (SSSR count). The Labute approximate surface area is 113 Å². The third kappa shape index (κ3) is 2.01. The van der Waals surface area contributed by atoms with Crippen molar-refractivity contribution in [2.24, 2.45) is 0 Å². The fraction of sp³-hybridized carbons (Fsp3) is 0.167. The highest BCUT2D eigenvalue weighted by molar-refractivity contribution is 8.24. The fourth-order valence-electron chi connectivity index (χ4n) is 1.47. The van der Waals surface area contributed by atoms with Gasteiger partial charge in [-0.05, 0) is 12.1 Å². The van der Waals surface area contributed by atoms with E-state index in [2.05, 4.69) is 0 Å². The Morgan fingerprint density at radius 2 is 1.44 bits per heavy atom. The molecule has 1 heterocycles. The van der Waals surface area contributed by atoms with Gasteiger partial charge in [0.1, 0.15) is 29.2 Å². The first kappa shape index (κ1) is 12.7. The summed E-state index contributed by atoms with van der Waals surface area (Å²) in [5, 5.41) is 17.8. The summed E-state index contributed by atoms with van der Waals surface area (Å²) in [6, 6.07) is 7.42. The standard InChI is InChI=1S/C12H8N2O2S2/c1-15-8-3-4-9(16-2)11-10(8)17-12(18-11)7(5-13)6-14/h3-4H,1-2H3. The van der Waals surface area contributed by atoms with E-state index in [0.717, 1.165) is 9.79 Å². The first-order valence-electron chi connectivity index (χ1n) is 4.90. The second-order valence-electron chi connectivity index (χ2n) is 3.22. The fourth-order valence-corrected chi connectivity index (χ4v) is 4.03. The normalized spacial score (nSPS) is 12.3. The van der Waals surface area contributed by atoms with Crippen LogP contribution in [0.2, 0.25) is 0 Å². The van der Waals surface area contributed by atoms with E-state index < -0.39 is 0 Å². The lowest BCUT2D eigenvalue weighted by Gasteiger charge is -2.08. The van der Waals surface area contributed by atoms with Gasteiger partial charge in [-0.2, -0.15) is 10.5 Å². The molecular formula is C12H8N2O2S2. The van der Waals surface area contributed by atoms with Gasteiger partial charge in [0, 0.05) is 0 Å². The molecule has 0 aromatic heterocycles. The molecule has 18 heavy (non-hydrogen) atoms. The number of nitriles is 2. The van der Waals surface area contributed by atoms with E-state index >= 15 is 0 Å². The van der Waals surface area contributed by atoms with E-state index in [-0.39, 0.29) is 5.57 Å². The van der Waals surface area contributed by atoms with Crippen LogP contribution < -0.4 is 9.47 Å². The van der Waals surface area contributed by atoms with Crippen molar-refractivity contribution in [1.29, 1.82) is 10.5 Å². The van der Waals surface area contributed by atoms with Crippen LogP contribution in [0.1, 0.15) is 0 Å². The maximum absolute atomic E-state index is 8.90. The van der Waals surface area contributed by atoms with Crippen molar-refractivity contribution >= 4 is 23.5 Å². The number of methoxy groups -OCH3 is 2. The highest BCUT2D eigenvalue weighted by Gasteiger charge is 2.27. The second kappa shape index (κ2) is 5.26. The van der Waals surface area contributed by atoms with Crippen LogP contribution in [-0.4, -0.2) is 14.2 Å². The lowest BCUT2D eigenvalue weighted by atomic mass is 10.3. The molecule has 6 heteroatoms. The summed E-state index contributed by atoms with van der Waals surface area (Å²) in [7, 11) is 3.18. The molecule has 0 atom stereocenters. The maximum atomic E-state index is 8.90. The molecule has 1 aromatic carbocycles. The number of nitrogens with zero attached hydrogens (tertiary/aromatic N) is 2. The second-order valence-corrected chi connectivity index (χ2v) is 5.52. The smallest absolute Gasteiger partial charge is 0.150 e. The first-order chi connectivity index (χ1) is 8.74. The lowest BCUT2D eigenvalue weighted by molar-refractivity contribution is 0.384. The minimum Gasteiger partial charge on any atom is -0.496 e. The summed E-state index contributed by atoms with van der Waals surface area (Å²) in [6.07, 6.45) is 0. The zero-order valence-electron chi connectivity index (χ0n) is 9.68. The molecule has 0 radical (unpaired) electrons. The molecule has 1 aromatic rings. The molecule has 0 bridgehead atoms. The summed E-state index contributed by atoms with van der Waals surface area (Å²) < 4.78 is 11.2. The van der Waals surface area contributed by atoms with Crippen LogP contribution in [0.4, 0.5) is 0 Å². The predicted molar refractivity (Wildman–Crippen MR) is 69.5 cm³/mol. The molecular weight excluding hydrogens is 268 g/mol. The number of allylic oxidation sites excluding steroid dienone is 1. The molecule has 0 fully saturated rings. The summed E-state index contributed by atoms with van der Waals surface area (Å²) >= 11 is 2.73. The van der Waals surface area contributed by atoms with Gasteiger partial charge >= 0.3 is 0 Å². The average molecular weight is 276 g/mol. The monoisotopic (exact) mass is 276 g/mol. The van der Waals surface area contributed by atoms with Crippen molar-refractivity contribution in [2.75, 3.05) is 14.2 Å². The Morgan fingerprint density at radius 1 is 1.00 bits per heavy atom. The number of fused-ring (bicyclic) bond motifs is 1. The Balaban J connectivity index is 2.55. The van der Waals surface area contributed by atoms with Gasteiger partial charge in [0.05, 0.1) is 28.2 Å². The first-order valence-corrected chi connectivity index (χ1v) is 6.53. The molecule has 1 aliphatic heterocycles. The quantitative estimate of drug-likeness (QED) is 0.773. The van der Waals surface area contributed by atoms with Crippen molar-refractivity contribution in [3.63, 3.8) is 0 Å². The van der Waals surface area contributed by atoms with Crippen molar-refractivity contribution in [1.82, 2.24) is 0 Å². The lowest BCUT2D eigenvalue weighted by Crippen LogP contribution is -1.89. The molecule has 0 spiro atoms. The van der Waals surface area contributed by atoms with Crippen LogP contribution in [0.5, 0.6) is 11.5 Å². The van der Waals surface area contributed by atoms with Gasteiger partial charge in [0.15, 0.2) is 0 Å². The molecule has 0 N–H and O–H groups in total. The SMILES string of the molecule is COc1ccc(OC)c2c1SC(=C(C#N)C#N)S2. The molecule has 0 saturated carbocycles. The van der Waals surface area contributed by atoms with Crippen molar-refractivity contribution in [3.05, 3.63) is 21.9 Å². The molecule has 0 unspecified atom stereocenters. The third-order valence-corrected chi connectivity index (χ3v) is 4.92. The molecule has 1 aliphatic rings. The minimum absolute atomic E-state index is 0.116. The van der Waals surface area contributed by atoms with Gasteiger partial charge in [-0.3, -0.25) is 0 Å². The zero-order valence-corrected chi connectivity index (χ0v) is 11.3. The minimum atomic E-state index is 0.116. The largest absolute Gasteiger partial charge is 0.496 e. The van der Waals surface area contributed by atoms with Gasteiger partial charge in [0.25, 0.3) is 0 Å². The Morgan fingerprint density at radius 3 is 1.78 bits per heavy atom. The van der Waals surface area contributed by atoms with Crippen molar-refractivity contribution < 1.29 is 9.47 Å². The number of hydrogen-bond acceptors (Lipinski definition) is 6. The Hall–Kier alpha value is -1.76. The van der Waals surface area contributed by atoms with Gasteiger partial charge in [-0.1, -0.05) is 23.5 Å². The molecule has 4 nitrogen and oxygen atoms in total. The van der Waals surface area contributed by atoms with Gasteiger partial charge in [0.2, 0.25) is 0 Å². The summed E-state index contributed by atoms with van der Waals surface area (Å²) in [5.41, 5.74) is 0.116. The Bertz CT molecular complexity index is 561. The zero-order chi connectivity index (χ0) is 13.1. The van der Waals surface area contributed by atoms with Gasteiger partial charge < -0.3 is 9.47 Å². The predicted octanol–water partition coefficient (Wildman–Crippen LogP) is 3.16. The Kier molecular flexibility index (Phi) is 3.71. The number of rotatable bonds is 2. The van der Waals surface area contributed by atoms with Crippen LogP contribution >= 0.6 is 23.5 Å². The van der Waals surface area contributed by atoms with E-state index in [1.807, 2.05) is 24.3 Å². The molecule has 0 aliphatic carbocycles. The molecule has 0 saturated heterocycles. The van der Waals surface area contributed by atoms with E-state index in [9.17, 15) is 0 Å². The van der Waals surface area contributed by atoms with Crippen molar-refractivity contribution in [3.8, 4) is 23.6 Å². The van der Waals surface area contributed by atoms with E-state index in [1.165, 1.54) is 23.5 Å². The summed E-state index contributed by atoms with van der Waals surface area (Å²) in [6.45, 7) is 0. The highest BCUT2D eigenvalue weighted by Crippen LogP contribution is 2.58. The number of thioether (sulfide) groups is 2. The van der Waals surface area contributed by atoms with E-state index in [1.54, 1.807) is 14.2 Å². The highest BCUT2D eigenvalue weighted by atomic mass is 32.2. The van der Waals surface area contributed by atoms with Crippen molar-refractivity contribution in [2.45, 2.75) is 9.79 Å². The van der Waals surface area contributed by atoms with E-state index in [0.29, 0.717) is 15.7 Å². The summed E-state index contributed by atoms with van der Waals surface area (Å²) in [4.78, 5) is 1.78. The van der Waals surface area contributed by atoms with Crippen LogP contribution in [-0.2, 0) is 0 Å². The molecule has 0 amide bonds. The van der Waals surface area contributed by atoms with Crippen LogP contribution in [0, 0.1) is 22.7 Å². The number of hydrogen-bond donors (Lipinski definition) is 0. The summed E-state index contributed by atoms with van der Waals surface area (Å²) in [5.74, 6) is 1.43. The van der Waals surface area contributed by atoms with Crippen LogP contribution in [0.3, 0.4) is 0 Å². The number of ether oxygens (including phenoxy) is 2. The average Bonchev–Trinajstić information content (AvgIpc) is 2.83. The molecule has 90 valence electrons. The van der Waals surface area contributed by atoms with Crippen LogP contribution in [0.15, 0.2) is 31.7 Å². The van der Waals surface area contributed by atoms with Crippen LogP contribution in [0.25, 0.3) is 0 Å². The van der Waals surface area contributed by atoms with E-state index in [4.69, 9.17) is 20.0 Å². The topological polar surface area (TPSA) is 66.0 Å². The third-order valence-electron chi connectivity index (χ3n) is 2.30. The van der Waals surface area contributed by atoms with Gasteiger partial charge in [-0.15, -0.1) is 0 Å². The number of benzene rings is 1.